The fraction of sp³-hybridized carbons (Fsp3) is 0.321. The maximum Gasteiger partial charge on any atom is 0.163 e. The molecule has 0 amide bonds. The first kappa shape index (κ1) is 25.0. The van der Waals surface area contributed by atoms with Crippen LogP contribution in [0, 0.1) is 0 Å². The number of methoxy groups -OCH3 is 2. The van der Waals surface area contributed by atoms with Crippen molar-refractivity contribution in [3.63, 3.8) is 0 Å². The van der Waals surface area contributed by atoms with Crippen LogP contribution in [0.1, 0.15) is 24.8 Å². The van der Waals surface area contributed by atoms with Crippen molar-refractivity contribution in [2.75, 3.05) is 45.7 Å². The van der Waals surface area contributed by atoms with E-state index in [1.165, 1.54) is 16.9 Å². The van der Waals surface area contributed by atoms with Crippen molar-refractivity contribution < 1.29 is 9.47 Å². The number of thiazole rings is 1. The maximum atomic E-state index is 5.46. The highest BCUT2D eigenvalue weighted by Gasteiger charge is 2.19. The minimum Gasteiger partial charge on any atom is -0.493 e. The van der Waals surface area contributed by atoms with E-state index < -0.39 is 0 Å². The van der Waals surface area contributed by atoms with E-state index in [1.54, 1.807) is 19.7 Å². The summed E-state index contributed by atoms with van der Waals surface area (Å²) in [5.41, 5.74) is 6.65. The molecule has 8 nitrogen and oxygen atoms in total. The largest absolute Gasteiger partial charge is 0.493 e. The topological polar surface area (TPSA) is 84.4 Å². The number of anilines is 2. The molecule has 0 saturated carbocycles. The van der Waals surface area contributed by atoms with Crippen LogP contribution in [0.5, 0.6) is 11.5 Å². The quantitative estimate of drug-likeness (QED) is 0.321. The molecule has 4 aromatic rings. The van der Waals surface area contributed by atoms with Gasteiger partial charge in [0.05, 0.1) is 19.7 Å². The standard InChI is InChI=1S/C28H32N6O2S/c1-18(19(2)34-13-6-11-29-12-14-34)20-7-5-8-21(15-20)26-32-27(25-28(33-26)37-17-30-25)31-22-9-10-23(35-3)24(16-22)36-4/h5,7-10,15-18,29H,2,6,11-14H2,1,3-4H3,(H,31,32,33). The van der Waals surface area contributed by atoms with Crippen molar-refractivity contribution in [3.8, 4) is 22.9 Å². The van der Waals surface area contributed by atoms with E-state index in [9.17, 15) is 0 Å². The molecule has 2 aromatic carbocycles. The zero-order valence-electron chi connectivity index (χ0n) is 21.5. The molecule has 2 N–H and O–H groups in total. The zero-order valence-corrected chi connectivity index (χ0v) is 22.3. The highest BCUT2D eigenvalue weighted by atomic mass is 32.1. The summed E-state index contributed by atoms with van der Waals surface area (Å²) in [6, 6.07) is 14.1. The lowest BCUT2D eigenvalue weighted by molar-refractivity contribution is 0.348. The SMILES string of the molecule is C=C(C(C)c1cccc(-c2nc(Nc3ccc(OC)c(OC)c3)c3ncsc3n2)c1)N1CCCNCC1. The second kappa shape index (κ2) is 11.1. The van der Waals surface area contributed by atoms with E-state index in [0.29, 0.717) is 23.1 Å². The van der Waals surface area contributed by atoms with E-state index in [-0.39, 0.29) is 5.92 Å². The lowest BCUT2D eigenvalue weighted by Gasteiger charge is -2.29. The number of benzene rings is 2. The maximum absolute atomic E-state index is 5.46. The number of allylic oxidation sites excluding steroid dienone is 1. The first-order valence-corrected chi connectivity index (χ1v) is 13.3. The van der Waals surface area contributed by atoms with Crippen LogP contribution in [-0.2, 0) is 0 Å². The molecule has 3 heterocycles. The van der Waals surface area contributed by atoms with Gasteiger partial charge in [0.15, 0.2) is 23.1 Å². The molecule has 37 heavy (non-hydrogen) atoms. The van der Waals surface area contributed by atoms with Gasteiger partial charge in [-0.15, -0.1) is 11.3 Å². The van der Waals surface area contributed by atoms with E-state index >= 15 is 0 Å². The Morgan fingerprint density at radius 2 is 1.95 bits per heavy atom. The average Bonchev–Trinajstić information content (AvgIpc) is 3.25. The van der Waals surface area contributed by atoms with Crippen molar-refractivity contribution in [1.29, 1.82) is 0 Å². The van der Waals surface area contributed by atoms with E-state index in [4.69, 9.17) is 19.4 Å². The summed E-state index contributed by atoms with van der Waals surface area (Å²) in [4.78, 5) is 17.5. The summed E-state index contributed by atoms with van der Waals surface area (Å²) in [5, 5.41) is 6.87. The molecule has 1 aliphatic heterocycles. The van der Waals surface area contributed by atoms with Gasteiger partial charge in [0, 0.05) is 48.6 Å². The van der Waals surface area contributed by atoms with E-state index in [2.05, 4.69) is 58.3 Å². The van der Waals surface area contributed by atoms with Gasteiger partial charge in [0.25, 0.3) is 0 Å². The fourth-order valence-electron chi connectivity index (χ4n) is 4.58. The molecule has 192 valence electrons. The van der Waals surface area contributed by atoms with Crippen LogP contribution in [-0.4, -0.2) is 60.3 Å². The Bertz CT molecular complexity index is 1400. The minimum atomic E-state index is 0.189. The van der Waals surface area contributed by atoms with Gasteiger partial charge in [0.1, 0.15) is 10.3 Å². The third-order valence-corrected chi connectivity index (χ3v) is 7.45. The molecule has 9 heteroatoms. The molecule has 1 aliphatic rings. The Kier molecular flexibility index (Phi) is 7.52. The third kappa shape index (κ3) is 5.38. The van der Waals surface area contributed by atoms with Gasteiger partial charge in [-0.2, -0.15) is 0 Å². The molecule has 0 aliphatic carbocycles. The molecule has 5 rings (SSSR count). The van der Waals surface area contributed by atoms with E-state index in [1.807, 2.05) is 18.2 Å². The Balaban J connectivity index is 1.45. The number of aromatic nitrogens is 3. The van der Waals surface area contributed by atoms with E-state index in [0.717, 1.165) is 59.9 Å². The summed E-state index contributed by atoms with van der Waals surface area (Å²) >= 11 is 1.50. The van der Waals surface area contributed by atoms with Crippen molar-refractivity contribution in [1.82, 2.24) is 25.2 Å². The van der Waals surface area contributed by atoms with Crippen molar-refractivity contribution in [2.45, 2.75) is 19.3 Å². The monoisotopic (exact) mass is 516 g/mol. The Morgan fingerprint density at radius 3 is 2.78 bits per heavy atom. The van der Waals surface area contributed by atoms with Crippen LogP contribution in [0.25, 0.3) is 21.7 Å². The predicted molar refractivity (Wildman–Crippen MR) is 150 cm³/mol. The molecule has 1 atom stereocenters. The zero-order chi connectivity index (χ0) is 25.8. The molecular formula is C28H32N6O2S. The van der Waals surface area contributed by atoms with Gasteiger partial charge in [0.2, 0.25) is 0 Å². The van der Waals surface area contributed by atoms with Gasteiger partial charge in [-0.05, 0) is 36.7 Å². The van der Waals surface area contributed by atoms with Crippen LogP contribution >= 0.6 is 11.3 Å². The summed E-state index contributed by atoms with van der Waals surface area (Å²) in [6.07, 6.45) is 1.13. The number of ether oxygens (including phenoxy) is 2. The number of fused-ring (bicyclic) bond motifs is 1. The lowest BCUT2D eigenvalue weighted by Crippen LogP contribution is -2.29. The number of hydrogen-bond acceptors (Lipinski definition) is 9. The summed E-state index contributed by atoms with van der Waals surface area (Å²) in [6.45, 7) is 10.7. The Morgan fingerprint density at radius 1 is 1.08 bits per heavy atom. The number of nitrogens with one attached hydrogen (secondary N) is 2. The normalized spacial score (nSPS) is 14.7. The average molecular weight is 517 g/mol. The van der Waals surface area contributed by atoms with Gasteiger partial charge < -0.3 is 25.0 Å². The smallest absolute Gasteiger partial charge is 0.163 e. The lowest BCUT2D eigenvalue weighted by atomic mass is 9.95. The van der Waals surface area contributed by atoms with Crippen LogP contribution in [0.2, 0.25) is 0 Å². The fourth-order valence-corrected chi connectivity index (χ4v) is 5.23. The summed E-state index contributed by atoms with van der Waals surface area (Å²) in [7, 11) is 3.24. The van der Waals surface area contributed by atoms with Crippen molar-refractivity contribution in [3.05, 3.63) is 65.8 Å². The molecule has 0 spiro atoms. The summed E-state index contributed by atoms with van der Waals surface area (Å²) < 4.78 is 10.8. The first-order valence-electron chi connectivity index (χ1n) is 12.4. The minimum absolute atomic E-state index is 0.189. The molecule has 0 radical (unpaired) electrons. The number of nitrogens with zero attached hydrogens (tertiary/aromatic N) is 4. The second-order valence-electron chi connectivity index (χ2n) is 9.03. The Hall–Kier alpha value is -3.69. The van der Waals surface area contributed by atoms with Gasteiger partial charge >= 0.3 is 0 Å². The second-order valence-corrected chi connectivity index (χ2v) is 9.86. The highest BCUT2D eigenvalue weighted by molar-refractivity contribution is 7.16. The van der Waals surface area contributed by atoms with Crippen LogP contribution in [0.15, 0.2) is 60.3 Å². The number of rotatable bonds is 8. The van der Waals surface area contributed by atoms with Gasteiger partial charge in [-0.1, -0.05) is 31.7 Å². The Labute approximate surface area is 221 Å². The highest BCUT2D eigenvalue weighted by Crippen LogP contribution is 2.34. The third-order valence-electron chi connectivity index (χ3n) is 6.74. The first-order chi connectivity index (χ1) is 18.1. The molecular weight excluding hydrogens is 484 g/mol. The molecule has 1 saturated heterocycles. The van der Waals surface area contributed by atoms with Crippen LogP contribution < -0.4 is 20.1 Å². The van der Waals surface area contributed by atoms with Gasteiger partial charge in [-0.25, -0.2) is 15.0 Å². The van der Waals surface area contributed by atoms with Crippen LogP contribution in [0.3, 0.4) is 0 Å². The van der Waals surface area contributed by atoms with Gasteiger partial charge in [-0.3, -0.25) is 0 Å². The summed E-state index contributed by atoms with van der Waals surface area (Å²) in [5.74, 6) is 2.79. The van der Waals surface area contributed by atoms with Crippen LogP contribution in [0.4, 0.5) is 11.5 Å². The molecule has 1 fully saturated rings. The predicted octanol–water partition coefficient (Wildman–Crippen LogP) is 5.43. The van der Waals surface area contributed by atoms with Crippen molar-refractivity contribution in [2.24, 2.45) is 0 Å². The van der Waals surface area contributed by atoms with Crippen molar-refractivity contribution >= 4 is 33.2 Å². The number of hydrogen-bond donors (Lipinski definition) is 2. The molecule has 2 aromatic heterocycles. The molecule has 1 unspecified atom stereocenters. The molecule has 0 bridgehead atoms.